The van der Waals surface area contributed by atoms with Crippen LogP contribution in [0.2, 0.25) is 0 Å². The van der Waals surface area contributed by atoms with Crippen LogP contribution in [-0.2, 0) is 4.79 Å². The van der Waals surface area contributed by atoms with Crippen molar-refractivity contribution in [1.82, 2.24) is 25.6 Å². The lowest BCUT2D eigenvalue weighted by molar-refractivity contribution is -0.145. The van der Waals surface area contributed by atoms with Crippen LogP contribution in [-0.4, -0.2) is 81.9 Å². The number of hydrogen-bond acceptors (Lipinski definition) is 9. The number of carbonyl (C=O) groups is 2. The molecule has 0 radical (unpaired) electrons. The smallest absolute Gasteiger partial charge is 0.255 e. The minimum absolute atomic E-state index is 0.0180. The third-order valence-corrected chi connectivity index (χ3v) is 7.22. The Morgan fingerprint density at radius 3 is 2.76 bits per heavy atom. The molecule has 1 aliphatic heterocycles. The zero-order chi connectivity index (χ0) is 27.0. The van der Waals surface area contributed by atoms with Gasteiger partial charge in [0.05, 0.1) is 30.8 Å². The zero-order valence-electron chi connectivity index (χ0n) is 21.1. The monoisotopic (exact) mass is 527 g/mol. The van der Waals surface area contributed by atoms with E-state index in [0.717, 1.165) is 12.8 Å². The van der Waals surface area contributed by atoms with Gasteiger partial charge < -0.3 is 35.3 Å². The molecule has 0 spiro atoms. The molecular weight excluding hydrogens is 497 g/mol. The topological polar surface area (TPSA) is 159 Å². The van der Waals surface area contributed by atoms with Crippen molar-refractivity contribution in [2.75, 3.05) is 33.4 Å². The number of carbonyl (C=O) groups excluding carboxylic acids is 2. The molecule has 38 heavy (non-hydrogen) atoms. The number of amides is 1. The SMILES string of the molecule is COc1cc(-c2ncnc3c(C(=O)N[C@H]4CNCC[C@]4(O)C(=O)CO)c(C)[nH]c23)c(OCC2CC2)cc1F. The number of Topliss-reactive ketones (excluding diaryl/α,β-unsaturated/α-hetero) is 1. The zero-order valence-corrected chi connectivity index (χ0v) is 21.1. The van der Waals surface area contributed by atoms with Crippen LogP contribution in [0.15, 0.2) is 18.5 Å². The number of fused-ring (bicyclic) bond motifs is 1. The number of methoxy groups -OCH3 is 1. The van der Waals surface area contributed by atoms with Crippen LogP contribution in [0.5, 0.6) is 11.5 Å². The molecule has 1 amide bonds. The molecule has 2 fully saturated rings. The first-order chi connectivity index (χ1) is 18.3. The molecule has 2 aromatic heterocycles. The molecule has 0 bridgehead atoms. The second kappa shape index (κ2) is 10.3. The maximum Gasteiger partial charge on any atom is 0.255 e. The average Bonchev–Trinajstić information content (AvgIpc) is 3.67. The Hall–Kier alpha value is -3.61. The highest BCUT2D eigenvalue weighted by molar-refractivity contribution is 6.09. The third-order valence-electron chi connectivity index (χ3n) is 7.22. The molecule has 5 rings (SSSR count). The lowest BCUT2D eigenvalue weighted by Gasteiger charge is -2.39. The molecule has 11 nitrogen and oxygen atoms in total. The largest absolute Gasteiger partial charge is 0.494 e. The van der Waals surface area contributed by atoms with Gasteiger partial charge in [0.1, 0.15) is 35.5 Å². The van der Waals surface area contributed by atoms with E-state index < -0.39 is 35.8 Å². The van der Waals surface area contributed by atoms with Gasteiger partial charge in [0.25, 0.3) is 5.91 Å². The Bertz CT molecular complexity index is 1390. The molecule has 1 saturated heterocycles. The van der Waals surface area contributed by atoms with E-state index in [-0.39, 0.29) is 24.3 Å². The Balaban J connectivity index is 1.53. The van der Waals surface area contributed by atoms with Crippen molar-refractivity contribution >= 4 is 22.7 Å². The van der Waals surface area contributed by atoms with Gasteiger partial charge in [0, 0.05) is 23.9 Å². The van der Waals surface area contributed by atoms with Crippen LogP contribution < -0.4 is 20.1 Å². The van der Waals surface area contributed by atoms with Gasteiger partial charge in [-0.2, -0.15) is 0 Å². The Kier molecular flexibility index (Phi) is 7.03. The fourth-order valence-electron chi connectivity index (χ4n) is 4.83. The first kappa shape index (κ1) is 26.0. The predicted molar refractivity (Wildman–Crippen MR) is 135 cm³/mol. The quantitative estimate of drug-likeness (QED) is 0.276. The summed E-state index contributed by atoms with van der Waals surface area (Å²) in [6.45, 7) is 1.82. The number of benzene rings is 1. The number of H-pyrrole nitrogens is 1. The predicted octanol–water partition coefficient (Wildman–Crippen LogP) is 1.25. The number of aromatic nitrogens is 3. The molecule has 5 N–H and O–H groups in total. The summed E-state index contributed by atoms with van der Waals surface area (Å²) in [6, 6.07) is 1.81. The normalized spacial score (nSPS) is 21.3. The lowest BCUT2D eigenvalue weighted by Crippen LogP contribution is -2.65. The highest BCUT2D eigenvalue weighted by Gasteiger charge is 2.46. The highest BCUT2D eigenvalue weighted by atomic mass is 19.1. The third kappa shape index (κ3) is 4.70. The second-order valence-electron chi connectivity index (χ2n) is 9.79. The summed E-state index contributed by atoms with van der Waals surface area (Å²) < 4.78 is 25.7. The number of halogens is 1. The van der Waals surface area contributed by atoms with Crippen molar-refractivity contribution in [3.05, 3.63) is 35.5 Å². The van der Waals surface area contributed by atoms with Gasteiger partial charge in [-0.1, -0.05) is 0 Å². The summed E-state index contributed by atoms with van der Waals surface area (Å²) in [6.07, 6.45) is 3.48. The van der Waals surface area contributed by atoms with E-state index in [1.807, 2.05) is 0 Å². The summed E-state index contributed by atoms with van der Waals surface area (Å²) in [5.41, 5.74) is 0.410. The molecule has 3 heterocycles. The van der Waals surface area contributed by atoms with E-state index in [0.29, 0.717) is 52.8 Å². The number of aliphatic hydroxyl groups is 2. The molecule has 2 atom stereocenters. The number of rotatable bonds is 9. The first-order valence-corrected chi connectivity index (χ1v) is 12.5. The maximum absolute atomic E-state index is 14.6. The molecule has 202 valence electrons. The number of hydrogen-bond donors (Lipinski definition) is 5. The molecule has 2 aliphatic rings. The number of aryl methyl sites for hydroxylation is 1. The van der Waals surface area contributed by atoms with Crippen molar-refractivity contribution in [2.24, 2.45) is 5.92 Å². The Morgan fingerprint density at radius 2 is 2.05 bits per heavy atom. The number of nitrogens with one attached hydrogen (secondary N) is 3. The van der Waals surface area contributed by atoms with Gasteiger partial charge in [0.15, 0.2) is 17.3 Å². The van der Waals surface area contributed by atoms with Crippen LogP contribution in [0.3, 0.4) is 0 Å². The molecule has 1 aliphatic carbocycles. The van der Waals surface area contributed by atoms with Crippen LogP contribution in [0.25, 0.3) is 22.3 Å². The van der Waals surface area contributed by atoms with Gasteiger partial charge in [-0.3, -0.25) is 9.59 Å². The average molecular weight is 528 g/mol. The van der Waals surface area contributed by atoms with Crippen molar-refractivity contribution in [2.45, 2.75) is 37.8 Å². The van der Waals surface area contributed by atoms with E-state index >= 15 is 0 Å². The number of aliphatic hydroxyl groups excluding tert-OH is 1. The summed E-state index contributed by atoms with van der Waals surface area (Å²) >= 11 is 0. The van der Waals surface area contributed by atoms with E-state index in [1.54, 1.807) is 6.92 Å². The van der Waals surface area contributed by atoms with Crippen molar-refractivity contribution in [1.29, 1.82) is 0 Å². The van der Waals surface area contributed by atoms with Crippen LogP contribution >= 0.6 is 0 Å². The molecule has 1 saturated carbocycles. The van der Waals surface area contributed by atoms with Crippen molar-refractivity contribution in [3.8, 4) is 22.8 Å². The Labute approximate surface area is 217 Å². The Morgan fingerprint density at radius 1 is 1.26 bits per heavy atom. The molecule has 12 heteroatoms. The molecule has 0 unspecified atom stereocenters. The number of ketones is 1. The van der Waals surface area contributed by atoms with Crippen LogP contribution in [0.4, 0.5) is 4.39 Å². The standard InChI is InChI=1S/C26H30FN5O6/c1-13-21(25(35)32-19-9-28-6-5-26(19,36)20(34)10-33)23-24(31-13)22(29-12-30-23)15-7-18(37-2)16(27)8-17(15)38-11-14-3-4-14/h7-8,12,14,19,28,31,33,36H,3-6,9-11H2,1-2H3,(H,32,35)/t19-,26+/m0/s1. The van der Waals surface area contributed by atoms with Gasteiger partial charge in [-0.05, 0) is 44.7 Å². The summed E-state index contributed by atoms with van der Waals surface area (Å²) in [7, 11) is 1.37. The maximum atomic E-state index is 14.6. The van der Waals surface area contributed by atoms with Crippen molar-refractivity contribution in [3.63, 3.8) is 0 Å². The van der Waals surface area contributed by atoms with Crippen LogP contribution in [0.1, 0.15) is 35.3 Å². The molecule has 1 aromatic carbocycles. The minimum atomic E-state index is -1.89. The van der Waals surface area contributed by atoms with Crippen LogP contribution in [0, 0.1) is 18.7 Å². The van der Waals surface area contributed by atoms with Gasteiger partial charge in [0.2, 0.25) is 0 Å². The number of nitrogens with zero attached hydrogens (tertiary/aromatic N) is 2. The van der Waals surface area contributed by atoms with Gasteiger partial charge in [-0.25, -0.2) is 14.4 Å². The van der Waals surface area contributed by atoms with E-state index in [4.69, 9.17) is 9.47 Å². The summed E-state index contributed by atoms with van der Waals surface area (Å²) in [4.78, 5) is 37.7. The number of ether oxygens (including phenoxy) is 2. The van der Waals surface area contributed by atoms with E-state index in [9.17, 15) is 24.2 Å². The van der Waals surface area contributed by atoms with Crippen molar-refractivity contribution < 1.29 is 33.7 Å². The second-order valence-corrected chi connectivity index (χ2v) is 9.79. The first-order valence-electron chi connectivity index (χ1n) is 12.5. The molecule has 3 aromatic rings. The van der Waals surface area contributed by atoms with E-state index in [1.165, 1.54) is 25.6 Å². The summed E-state index contributed by atoms with van der Waals surface area (Å²) in [5, 5.41) is 26.1. The number of piperidine rings is 1. The van der Waals surface area contributed by atoms with Gasteiger partial charge in [-0.15, -0.1) is 0 Å². The highest BCUT2D eigenvalue weighted by Crippen LogP contribution is 2.39. The number of aromatic amines is 1. The molecular formula is C26H30FN5O6. The van der Waals surface area contributed by atoms with E-state index in [2.05, 4.69) is 25.6 Å². The fraction of sp³-hybridized carbons (Fsp3) is 0.462. The minimum Gasteiger partial charge on any atom is -0.494 e. The lowest BCUT2D eigenvalue weighted by atomic mass is 9.83. The summed E-state index contributed by atoms with van der Waals surface area (Å²) in [5.74, 6) is -1.13. The fourth-order valence-corrected chi connectivity index (χ4v) is 4.83. The van der Waals surface area contributed by atoms with Gasteiger partial charge >= 0.3 is 0 Å².